The normalized spacial score (nSPS) is 15.0. The minimum Gasteiger partial charge on any atom is -0.790 e. The van der Waals surface area contributed by atoms with E-state index < -0.39 is 7.82 Å². The van der Waals surface area contributed by atoms with Crippen LogP contribution >= 0.6 is 7.82 Å². The first kappa shape index (κ1) is 33.0. The van der Waals surface area contributed by atoms with Crippen LogP contribution in [-0.2, 0) is 9.09 Å². The maximum Gasteiger partial charge on any atom is 1.00 e. The number of hydrogen-bond acceptors (Lipinski definition) is 4. The van der Waals surface area contributed by atoms with E-state index in [0.29, 0.717) is 5.92 Å². The average molecular weight is 427 g/mol. The number of rotatable bonds is 15. The minimum atomic E-state index is -4.84. The van der Waals surface area contributed by atoms with Gasteiger partial charge >= 0.3 is 103 Å². The zero-order chi connectivity index (χ0) is 17.7. The van der Waals surface area contributed by atoms with Gasteiger partial charge in [-0.1, -0.05) is 79.1 Å². The standard InChI is InChI=1S/C18H39O4P.2K/c1-5-16(3)11-8-7-9-13-18(15-22-23(19,20)21)14-10-12-17(4)6-2;;/h16-18H,5-15H2,1-4H3,(H2,19,20,21);;/q;2*+1/p-2. The first-order valence-corrected chi connectivity index (χ1v) is 10.9. The van der Waals surface area contributed by atoms with Crippen molar-refractivity contribution in [2.75, 3.05) is 6.61 Å². The van der Waals surface area contributed by atoms with Gasteiger partial charge in [0, 0.05) is 0 Å². The Morgan fingerprint density at radius 3 is 1.72 bits per heavy atom. The number of unbranched alkanes of at least 4 members (excludes halogenated alkanes) is 2. The van der Waals surface area contributed by atoms with Crippen molar-refractivity contribution in [1.82, 2.24) is 0 Å². The zero-order valence-corrected chi connectivity index (χ0v) is 24.7. The van der Waals surface area contributed by atoms with Gasteiger partial charge in [-0.3, -0.25) is 0 Å². The van der Waals surface area contributed by atoms with Crippen LogP contribution in [0.4, 0.5) is 0 Å². The molecule has 0 amide bonds. The van der Waals surface area contributed by atoms with Crippen molar-refractivity contribution < 1.29 is 122 Å². The van der Waals surface area contributed by atoms with Gasteiger partial charge in [0.2, 0.25) is 0 Å². The molecule has 0 aliphatic heterocycles. The number of phosphoric ester groups is 1. The van der Waals surface area contributed by atoms with Gasteiger partial charge in [0.05, 0.1) is 14.4 Å². The molecule has 0 aromatic rings. The van der Waals surface area contributed by atoms with Crippen molar-refractivity contribution in [2.24, 2.45) is 17.8 Å². The van der Waals surface area contributed by atoms with Crippen LogP contribution in [0.5, 0.6) is 0 Å². The molecule has 25 heavy (non-hydrogen) atoms. The fourth-order valence-corrected chi connectivity index (χ4v) is 3.17. The molecule has 0 saturated heterocycles. The van der Waals surface area contributed by atoms with Gasteiger partial charge in [0.15, 0.2) is 0 Å². The smallest absolute Gasteiger partial charge is 0.790 e. The summed E-state index contributed by atoms with van der Waals surface area (Å²) in [5.74, 6) is 1.69. The van der Waals surface area contributed by atoms with Gasteiger partial charge in [-0.2, -0.15) is 0 Å². The Morgan fingerprint density at radius 1 is 0.800 bits per heavy atom. The third kappa shape index (κ3) is 23.5. The van der Waals surface area contributed by atoms with Crippen molar-refractivity contribution in [2.45, 2.75) is 91.9 Å². The van der Waals surface area contributed by atoms with Crippen LogP contribution in [-0.4, -0.2) is 6.61 Å². The molecular weight excluding hydrogens is 389 g/mol. The van der Waals surface area contributed by atoms with E-state index >= 15 is 0 Å². The van der Waals surface area contributed by atoms with Crippen molar-refractivity contribution in [3.05, 3.63) is 0 Å². The Bertz CT molecular complexity index is 326. The molecule has 0 fully saturated rings. The monoisotopic (exact) mass is 426 g/mol. The van der Waals surface area contributed by atoms with Crippen LogP contribution in [0.3, 0.4) is 0 Å². The van der Waals surface area contributed by atoms with Crippen LogP contribution in [0, 0.1) is 17.8 Å². The summed E-state index contributed by atoms with van der Waals surface area (Å²) < 4.78 is 15.2. The fourth-order valence-electron chi connectivity index (χ4n) is 2.77. The van der Waals surface area contributed by atoms with E-state index in [1.165, 1.54) is 32.1 Å². The Balaban J connectivity index is -0.00000242. The first-order valence-electron chi connectivity index (χ1n) is 9.45. The van der Waals surface area contributed by atoms with Crippen molar-refractivity contribution in [1.29, 1.82) is 0 Å². The SMILES string of the molecule is CCC(C)CCCCCC(CCCC(C)CC)COP(=O)([O-])[O-].[K+].[K+]. The predicted molar refractivity (Wildman–Crippen MR) is 92.9 cm³/mol. The summed E-state index contributed by atoms with van der Waals surface area (Å²) in [4.78, 5) is 21.4. The van der Waals surface area contributed by atoms with Crippen molar-refractivity contribution in [3.63, 3.8) is 0 Å². The molecule has 7 heteroatoms. The zero-order valence-electron chi connectivity index (χ0n) is 17.6. The topological polar surface area (TPSA) is 72.4 Å². The molecule has 0 aliphatic rings. The third-order valence-electron chi connectivity index (χ3n) is 4.98. The molecule has 0 spiro atoms. The van der Waals surface area contributed by atoms with Gasteiger partial charge in [0.1, 0.15) is 0 Å². The van der Waals surface area contributed by atoms with Crippen LogP contribution in [0.2, 0.25) is 0 Å². The minimum absolute atomic E-state index is 0. The summed E-state index contributed by atoms with van der Waals surface area (Å²) in [7, 11) is -4.84. The second kappa shape index (κ2) is 20.6. The molecule has 0 rings (SSSR count). The van der Waals surface area contributed by atoms with Crippen molar-refractivity contribution >= 4 is 7.82 Å². The summed E-state index contributed by atoms with van der Waals surface area (Å²) in [6, 6.07) is 0. The Kier molecular flexibility index (Phi) is 27.3. The Hall–Kier alpha value is 3.38. The van der Waals surface area contributed by atoms with E-state index in [4.69, 9.17) is 0 Å². The summed E-state index contributed by atoms with van der Waals surface area (Å²) in [6.45, 7) is 9.00. The molecular formula is C18H37K2O4P. The maximum atomic E-state index is 10.7. The van der Waals surface area contributed by atoms with E-state index in [2.05, 4.69) is 32.2 Å². The Morgan fingerprint density at radius 2 is 1.24 bits per heavy atom. The quantitative estimate of drug-likeness (QED) is 0.185. The summed E-state index contributed by atoms with van der Waals surface area (Å²) in [5, 5.41) is 0. The maximum absolute atomic E-state index is 10.7. The summed E-state index contributed by atoms with van der Waals surface area (Å²) in [6.07, 6.45) is 11.3. The molecule has 0 radical (unpaired) electrons. The number of hydrogen-bond donors (Lipinski definition) is 0. The largest absolute Gasteiger partial charge is 1.00 e. The molecule has 3 atom stereocenters. The van der Waals surface area contributed by atoms with Gasteiger partial charge in [-0.25, -0.2) is 0 Å². The van der Waals surface area contributed by atoms with Crippen LogP contribution in [0.15, 0.2) is 0 Å². The molecule has 0 bridgehead atoms. The molecule has 0 aliphatic carbocycles. The molecule has 0 aromatic heterocycles. The second-order valence-electron chi connectivity index (χ2n) is 7.20. The molecule has 0 aromatic carbocycles. The third-order valence-corrected chi connectivity index (χ3v) is 5.45. The fraction of sp³-hybridized carbons (Fsp3) is 1.00. The van der Waals surface area contributed by atoms with Crippen LogP contribution < -0.4 is 113 Å². The summed E-state index contributed by atoms with van der Waals surface area (Å²) >= 11 is 0. The van der Waals surface area contributed by atoms with Gasteiger partial charge < -0.3 is 18.9 Å². The molecule has 0 saturated carbocycles. The second-order valence-corrected chi connectivity index (χ2v) is 8.36. The number of phosphoric acid groups is 1. The molecule has 0 N–H and O–H groups in total. The molecule has 0 heterocycles. The molecule has 3 unspecified atom stereocenters. The predicted octanol–water partition coefficient (Wildman–Crippen LogP) is -1.33. The first-order chi connectivity index (χ1) is 10.8. The molecule has 4 nitrogen and oxygen atoms in total. The average Bonchev–Trinajstić information content (AvgIpc) is 2.50. The van der Waals surface area contributed by atoms with E-state index in [1.54, 1.807) is 0 Å². The molecule has 140 valence electrons. The van der Waals surface area contributed by atoms with Crippen LogP contribution in [0.25, 0.3) is 0 Å². The van der Waals surface area contributed by atoms with Gasteiger partial charge in [-0.15, -0.1) is 0 Å². The van der Waals surface area contributed by atoms with Gasteiger partial charge in [-0.05, 0) is 30.6 Å². The van der Waals surface area contributed by atoms with Crippen molar-refractivity contribution in [3.8, 4) is 0 Å². The van der Waals surface area contributed by atoms with E-state index in [9.17, 15) is 14.4 Å². The Labute approximate surface area is 241 Å². The van der Waals surface area contributed by atoms with Crippen LogP contribution in [0.1, 0.15) is 91.9 Å². The van der Waals surface area contributed by atoms with E-state index in [0.717, 1.165) is 38.0 Å². The summed E-state index contributed by atoms with van der Waals surface area (Å²) in [5.41, 5.74) is 0. The van der Waals surface area contributed by atoms with E-state index in [-0.39, 0.29) is 115 Å². The van der Waals surface area contributed by atoms with Gasteiger partial charge in [0.25, 0.3) is 0 Å². The van der Waals surface area contributed by atoms with E-state index in [1.807, 2.05) is 0 Å².